The number of carbonyl (C=O) groups is 2. The van der Waals surface area contributed by atoms with E-state index in [0.717, 1.165) is 19.4 Å². The zero-order valence-corrected chi connectivity index (χ0v) is 10.5. The van der Waals surface area contributed by atoms with Crippen molar-refractivity contribution in [3.8, 4) is 0 Å². The van der Waals surface area contributed by atoms with Crippen LogP contribution < -0.4 is 5.32 Å². The summed E-state index contributed by atoms with van der Waals surface area (Å²) in [5.74, 6) is -0.337. The number of nitrogens with one attached hydrogen (secondary N) is 1. The minimum atomic E-state index is -0.136. The molecule has 2 amide bonds. The van der Waals surface area contributed by atoms with E-state index in [0.29, 0.717) is 18.9 Å². The maximum absolute atomic E-state index is 11.8. The molecular formula is C13H20N2O2. The van der Waals surface area contributed by atoms with Crippen molar-refractivity contribution in [2.75, 3.05) is 6.54 Å². The molecule has 1 fully saturated rings. The van der Waals surface area contributed by atoms with Gasteiger partial charge in [0.2, 0.25) is 11.8 Å². The average molecular weight is 236 g/mol. The van der Waals surface area contributed by atoms with Gasteiger partial charge in [-0.1, -0.05) is 0 Å². The minimum absolute atomic E-state index is 0.0887. The van der Waals surface area contributed by atoms with Gasteiger partial charge in [0, 0.05) is 19.0 Å². The van der Waals surface area contributed by atoms with Crippen LogP contribution in [0.5, 0.6) is 0 Å². The molecule has 0 aromatic heterocycles. The topological polar surface area (TPSA) is 49.4 Å². The van der Waals surface area contributed by atoms with Crippen LogP contribution in [0.4, 0.5) is 0 Å². The van der Waals surface area contributed by atoms with Crippen LogP contribution in [0, 0.1) is 5.92 Å². The third-order valence-electron chi connectivity index (χ3n) is 3.56. The number of hydrogen-bond donors (Lipinski definition) is 1. The monoisotopic (exact) mass is 236 g/mol. The van der Waals surface area contributed by atoms with Crippen LogP contribution in [0.2, 0.25) is 0 Å². The van der Waals surface area contributed by atoms with Gasteiger partial charge in [-0.3, -0.25) is 14.9 Å². The summed E-state index contributed by atoms with van der Waals surface area (Å²) in [5, 5.41) is 2.43. The van der Waals surface area contributed by atoms with Crippen molar-refractivity contribution >= 4 is 11.8 Å². The molecule has 1 saturated heterocycles. The Kier molecular flexibility index (Phi) is 3.50. The lowest BCUT2D eigenvalue weighted by molar-refractivity contribution is -0.135. The smallest absolute Gasteiger partial charge is 0.233 e. The van der Waals surface area contributed by atoms with E-state index in [1.165, 1.54) is 5.57 Å². The third kappa shape index (κ3) is 2.68. The van der Waals surface area contributed by atoms with E-state index in [9.17, 15) is 9.59 Å². The second kappa shape index (κ2) is 4.90. The molecule has 2 heterocycles. The molecule has 4 nitrogen and oxygen atoms in total. The van der Waals surface area contributed by atoms with Crippen molar-refractivity contribution in [3.63, 3.8) is 0 Å². The second-order valence-electron chi connectivity index (χ2n) is 5.14. The molecule has 2 aliphatic rings. The van der Waals surface area contributed by atoms with Crippen molar-refractivity contribution in [3.05, 3.63) is 11.8 Å². The lowest BCUT2D eigenvalue weighted by atomic mass is 9.86. The van der Waals surface area contributed by atoms with E-state index < -0.39 is 0 Å². The Morgan fingerprint density at radius 3 is 2.76 bits per heavy atom. The summed E-state index contributed by atoms with van der Waals surface area (Å²) in [6, 6.07) is 0.471. The molecule has 0 saturated carbocycles. The Morgan fingerprint density at radius 2 is 2.12 bits per heavy atom. The van der Waals surface area contributed by atoms with Crippen molar-refractivity contribution in [1.29, 1.82) is 0 Å². The van der Waals surface area contributed by atoms with Crippen LogP contribution in [0.3, 0.4) is 0 Å². The molecule has 1 atom stereocenters. The molecule has 0 aromatic carbocycles. The molecule has 0 spiro atoms. The van der Waals surface area contributed by atoms with Crippen molar-refractivity contribution in [2.24, 2.45) is 5.92 Å². The lowest BCUT2D eigenvalue weighted by Crippen LogP contribution is -2.42. The molecule has 0 aromatic rings. The van der Waals surface area contributed by atoms with Crippen LogP contribution in [0.15, 0.2) is 11.8 Å². The molecule has 0 radical (unpaired) electrons. The van der Waals surface area contributed by atoms with Crippen LogP contribution in [-0.2, 0) is 9.59 Å². The van der Waals surface area contributed by atoms with Crippen molar-refractivity contribution < 1.29 is 9.59 Å². The first-order valence-electron chi connectivity index (χ1n) is 6.38. The Labute approximate surface area is 102 Å². The lowest BCUT2D eigenvalue weighted by Gasteiger charge is -2.33. The molecule has 2 aliphatic heterocycles. The van der Waals surface area contributed by atoms with Gasteiger partial charge < -0.3 is 4.90 Å². The Balaban J connectivity index is 2.11. The average Bonchev–Trinajstić information content (AvgIpc) is 2.29. The fourth-order valence-electron chi connectivity index (χ4n) is 2.53. The zero-order chi connectivity index (χ0) is 12.4. The van der Waals surface area contributed by atoms with Crippen LogP contribution in [-0.4, -0.2) is 29.3 Å². The third-order valence-corrected chi connectivity index (χ3v) is 3.56. The quantitative estimate of drug-likeness (QED) is 0.738. The molecular weight excluding hydrogens is 216 g/mol. The molecule has 0 aliphatic carbocycles. The first-order chi connectivity index (χ1) is 8.08. The van der Waals surface area contributed by atoms with E-state index in [4.69, 9.17) is 0 Å². The second-order valence-corrected chi connectivity index (χ2v) is 5.14. The van der Waals surface area contributed by atoms with Gasteiger partial charge in [0.15, 0.2) is 0 Å². The van der Waals surface area contributed by atoms with E-state index in [1.807, 2.05) is 0 Å². The van der Waals surface area contributed by atoms with Crippen molar-refractivity contribution in [1.82, 2.24) is 10.2 Å². The molecule has 2 rings (SSSR count). The summed E-state index contributed by atoms with van der Waals surface area (Å²) < 4.78 is 0. The SMILES string of the molecule is CC(C)N1C=C(C2CCC(=O)NC2=O)CCC1. The predicted octanol–water partition coefficient (Wildman–Crippen LogP) is 1.43. The van der Waals surface area contributed by atoms with Gasteiger partial charge in [0.1, 0.15) is 0 Å². The fourth-order valence-corrected chi connectivity index (χ4v) is 2.53. The first-order valence-corrected chi connectivity index (χ1v) is 6.38. The van der Waals surface area contributed by atoms with Gasteiger partial charge in [-0.2, -0.15) is 0 Å². The summed E-state index contributed by atoms with van der Waals surface area (Å²) in [4.78, 5) is 25.2. The summed E-state index contributed by atoms with van der Waals surface area (Å²) >= 11 is 0. The molecule has 1 unspecified atom stereocenters. The van der Waals surface area contributed by atoms with Gasteiger partial charge >= 0.3 is 0 Å². The largest absolute Gasteiger partial charge is 0.375 e. The summed E-state index contributed by atoms with van der Waals surface area (Å²) in [5.41, 5.74) is 1.19. The number of rotatable bonds is 2. The van der Waals surface area contributed by atoms with Crippen LogP contribution in [0.25, 0.3) is 0 Å². The maximum Gasteiger partial charge on any atom is 0.233 e. The Hall–Kier alpha value is -1.32. The van der Waals surface area contributed by atoms with Crippen LogP contribution >= 0.6 is 0 Å². The Bertz CT molecular complexity index is 360. The van der Waals surface area contributed by atoms with Gasteiger partial charge in [0.05, 0.1) is 5.92 Å². The summed E-state index contributed by atoms with van der Waals surface area (Å²) in [7, 11) is 0. The highest BCUT2D eigenvalue weighted by Crippen LogP contribution is 2.28. The predicted molar refractivity (Wildman–Crippen MR) is 65.0 cm³/mol. The normalized spacial score (nSPS) is 25.9. The number of nitrogens with zero attached hydrogens (tertiary/aromatic N) is 1. The maximum atomic E-state index is 11.8. The van der Waals surface area contributed by atoms with Gasteiger partial charge in [0.25, 0.3) is 0 Å². The molecule has 94 valence electrons. The fraction of sp³-hybridized carbons (Fsp3) is 0.692. The highest BCUT2D eigenvalue weighted by atomic mass is 16.2. The van der Waals surface area contributed by atoms with E-state index in [1.54, 1.807) is 0 Å². The standard InChI is InChI=1S/C13H20N2O2/c1-9(2)15-7-3-4-10(8-15)11-5-6-12(16)14-13(11)17/h8-9,11H,3-7H2,1-2H3,(H,14,16,17). The van der Waals surface area contributed by atoms with Crippen LogP contribution in [0.1, 0.15) is 39.5 Å². The molecule has 4 heteroatoms. The molecule has 0 bridgehead atoms. The van der Waals surface area contributed by atoms with Gasteiger partial charge in [-0.05, 0) is 44.9 Å². The van der Waals surface area contributed by atoms with Gasteiger partial charge in [-0.25, -0.2) is 0 Å². The number of amides is 2. The molecule has 17 heavy (non-hydrogen) atoms. The zero-order valence-electron chi connectivity index (χ0n) is 10.5. The van der Waals surface area contributed by atoms with Crippen molar-refractivity contribution in [2.45, 2.75) is 45.6 Å². The molecule has 1 N–H and O–H groups in total. The number of piperidine rings is 1. The van der Waals surface area contributed by atoms with Gasteiger partial charge in [-0.15, -0.1) is 0 Å². The van der Waals surface area contributed by atoms with E-state index in [-0.39, 0.29) is 17.7 Å². The first kappa shape index (κ1) is 12.1. The summed E-state index contributed by atoms with van der Waals surface area (Å²) in [6.45, 7) is 5.38. The van der Waals surface area contributed by atoms with E-state index >= 15 is 0 Å². The highest BCUT2D eigenvalue weighted by Gasteiger charge is 2.30. The number of imide groups is 1. The number of hydrogen-bond acceptors (Lipinski definition) is 3. The summed E-state index contributed by atoms with van der Waals surface area (Å²) in [6.07, 6.45) is 5.35. The minimum Gasteiger partial charge on any atom is -0.375 e. The highest BCUT2D eigenvalue weighted by molar-refractivity contribution is 5.99. The number of carbonyl (C=O) groups excluding carboxylic acids is 2. The Morgan fingerprint density at radius 1 is 1.35 bits per heavy atom. The van der Waals surface area contributed by atoms with E-state index in [2.05, 4.69) is 30.3 Å².